The average molecular weight is 284 g/mol. The Morgan fingerprint density at radius 1 is 1.15 bits per heavy atom. The Morgan fingerprint density at radius 2 is 2.00 bits per heavy atom. The molecule has 0 aliphatic rings. The molecule has 0 atom stereocenters. The van der Waals surface area contributed by atoms with E-state index in [1.165, 1.54) is 4.88 Å². The van der Waals surface area contributed by atoms with Gasteiger partial charge in [0.15, 0.2) is 11.6 Å². The number of nitrogens with zero attached hydrogens (tertiary/aromatic N) is 2. The van der Waals surface area contributed by atoms with Crippen molar-refractivity contribution in [1.82, 2.24) is 10.1 Å². The summed E-state index contributed by atoms with van der Waals surface area (Å²) in [5, 5.41) is 5.92. The van der Waals surface area contributed by atoms with Gasteiger partial charge >= 0.3 is 0 Å². The summed E-state index contributed by atoms with van der Waals surface area (Å²) in [5.41, 5.74) is 0.658. The van der Waals surface area contributed by atoms with E-state index in [1.807, 2.05) is 35.7 Å². The highest BCUT2D eigenvalue weighted by atomic mass is 32.1. The minimum Gasteiger partial charge on any atom is -0.339 e. The molecule has 100 valence electrons. The standard InChI is InChI=1S/C15H12N2O2S/c18-13(11-5-2-1-3-6-11)10-15-16-14(17-19-15)9-12-7-4-8-20-12/h1-8H,9-10H2. The highest BCUT2D eigenvalue weighted by Crippen LogP contribution is 2.13. The van der Waals surface area contributed by atoms with Gasteiger partial charge in [0.2, 0.25) is 5.89 Å². The van der Waals surface area contributed by atoms with Gasteiger partial charge in [-0.3, -0.25) is 4.79 Å². The van der Waals surface area contributed by atoms with E-state index in [2.05, 4.69) is 10.1 Å². The van der Waals surface area contributed by atoms with E-state index in [0.717, 1.165) is 0 Å². The molecule has 0 saturated carbocycles. The highest BCUT2D eigenvalue weighted by molar-refractivity contribution is 7.09. The zero-order valence-corrected chi connectivity index (χ0v) is 11.5. The maximum atomic E-state index is 12.0. The number of rotatable bonds is 5. The number of Topliss-reactive ketones (excluding diaryl/α,β-unsaturated/α-hetero) is 1. The molecule has 20 heavy (non-hydrogen) atoms. The van der Waals surface area contributed by atoms with E-state index < -0.39 is 0 Å². The fourth-order valence-corrected chi connectivity index (χ4v) is 2.57. The van der Waals surface area contributed by atoms with Crippen LogP contribution in [0.15, 0.2) is 52.4 Å². The van der Waals surface area contributed by atoms with Crippen LogP contribution >= 0.6 is 11.3 Å². The third-order valence-corrected chi connectivity index (χ3v) is 3.71. The van der Waals surface area contributed by atoms with Crippen LogP contribution in [-0.2, 0) is 12.8 Å². The molecule has 1 aromatic carbocycles. The summed E-state index contributed by atoms with van der Waals surface area (Å²) in [6.07, 6.45) is 0.780. The number of benzene rings is 1. The molecular formula is C15H12N2O2S. The lowest BCUT2D eigenvalue weighted by atomic mass is 10.1. The lowest BCUT2D eigenvalue weighted by Gasteiger charge is -1.96. The quantitative estimate of drug-likeness (QED) is 0.675. The molecule has 3 aromatic rings. The minimum atomic E-state index is -0.0167. The average Bonchev–Trinajstić information content (AvgIpc) is 3.12. The molecule has 2 heterocycles. The molecule has 3 rings (SSSR count). The third kappa shape index (κ3) is 3.00. The van der Waals surface area contributed by atoms with Crippen LogP contribution in [0.5, 0.6) is 0 Å². The summed E-state index contributed by atoms with van der Waals surface area (Å²) in [6.45, 7) is 0. The van der Waals surface area contributed by atoms with E-state index in [9.17, 15) is 4.79 Å². The van der Waals surface area contributed by atoms with Gasteiger partial charge in [0.25, 0.3) is 0 Å². The Hall–Kier alpha value is -2.27. The first kappa shape index (κ1) is 12.7. The number of carbonyl (C=O) groups excluding carboxylic acids is 1. The van der Waals surface area contributed by atoms with Crippen LogP contribution in [0.3, 0.4) is 0 Å². The Labute approximate surface area is 120 Å². The van der Waals surface area contributed by atoms with E-state index in [-0.39, 0.29) is 12.2 Å². The molecule has 0 bridgehead atoms. The maximum absolute atomic E-state index is 12.0. The van der Waals surface area contributed by atoms with Crippen LogP contribution in [0.4, 0.5) is 0 Å². The lowest BCUT2D eigenvalue weighted by molar-refractivity contribution is 0.0983. The Kier molecular flexibility index (Phi) is 3.69. The normalized spacial score (nSPS) is 10.6. The molecule has 0 spiro atoms. The van der Waals surface area contributed by atoms with Crippen LogP contribution in [-0.4, -0.2) is 15.9 Å². The fraction of sp³-hybridized carbons (Fsp3) is 0.133. The van der Waals surface area contributed by atoms with E-state index in [1.54, 1.807) is 23.5 Å². The molecule has 0 fully saturated rings. The van der Waals surface area contributed by atoms with Crippen molar-refractivity contribution in [2.45, 2.75) is 12.8 Å². The van der Waals surface area contributed by atoms with Gasteiger partial charge in [0, 0.05) is 16.9 Å². The largest absolute Gasteiger partial charge is 0.339 e. The topological polar surface area (TPSA) is 56.0 Å². The number of thiophene rings is 1. The van der Waals surface area contributed by atoms with Crippen molar-refractivity contribution < 1.29 is 9.32 Å². The van der Waals surface area contributed by atoms with Gasteiger partial charge in [0.05, 0.1) is 6.42 Å². The first-order valence-corrected chi connectivity index (χ1v) is 7.11. The van der Waals surface area contributed by atoms with Gasteiger partial charge < -0.3 is 4.52 Å². The van der Waals surface area contributed by atoms with Crippen molar-refractivity contribution in [3.05, 3.63) is 70.0 Å². The van der Waals surface area contributed by atoms with Crippen LogP contribution < -0.4 is 0 Å². The molecular weight excluding hydrogens is 272 g/mol. The monoisotopic (exact) mass is 284 g/mol. The van der Waals surface area contributed by atoms with Crippen LogP contribution in [0, 0.1) is 0 Å². The van der Waals surface area contributed by atoms with Gasteiger partial charge in [-0.15, -0.1) is 11.3 Å². The van der Waals surface area contributed by atoms with E-state index in [4.69, 9.17) is 4.52 Å². The number of ketones is 1. The smallest absolute Gasteiger partial charge is 0.234 e. The molecule has 0 saturated heterocycles. The fourth-order valence-electron chi connectivity index (χ4n) is 1.87. The molecule has 4 nitrogen and oxygen atoms in total. The lowest BCUT2D eigenvalue weighted by Crippen LogP contribution is -2.03. The van der Waals surface area contributed by atoms with Crippen molar-refractivity contribution in [3.8, 4) is 0 Å². The summed E-state index contributed by atoms with van der Waals surface area (Å²) in [7, 11) is 0. The van der Waals surface area contributed by atoms with E-state index >= 15 is 0 Å². The van der Waals surface area contributed by atoms with Gasteiger partial charge in [-0.05, 0) is 11.4 Å². The molecule has 0 amide bonds. The maximum Gasteiger partial charge on any atom is 0.234 e. The van der Waals surface area contributed by atoms with Crippen molar-refractivity contribution in [1.29, 1.82) is 0 Å². The van der Waals surface area contributed by atoms with Crippen LogP contribution in [0.25, 0.3) is 0 Å². The zero-order chi connectivity index (χ0) is 13.8. The number of hydrogen-bond donors (Lipinski definition) is 0. The second kappa shape index (κ2) is 5.79. The second-order valence-electron chi connectivity index (χ2n) is 4.33. The number of carbonyl (C=O) groups is 1. The van der Waals surface area contributed by atoms with Crippen molar-refractivity contribution in [3.63, 3.8) is 0 Å². The van der Waals surface area contributed by atoms with E-state index in [0.29, 0.717) is 23.7 Å². The second-order valence-corrected chi connectivity index (χ2v) is 5.36. The minimum absolute atomic E-state index is 0.0167. The predicted octanol–water partition coefficient (Wildman–Crippen LogP) is 3.15. The first-order chi connectivity index (χ1) is 9.81. The Morgan fingerprint density at radius 3 is 2.75 bits per heavy atom. The van der Waals surface area contributed by atoms with Crippen molar-refractivity contribution >= 4 is 17.1 Å². The molecule has 5 heteroatoms. The van der Waals surface area contributed by atoms with Crippen molar-refractivity contribution in [2.75, 3.05) is 0 Å². The Balaban J connectivity index is 1.67. The highest BCUT2D eigenvalue weighted by Gasteiger charge is 2.13. The zero-order valence-electron chi connectivity index (χ0n) is 10.7. The molecule has 0 N–H and O–H groups in total. The van der Waals surface area contributed by atoms with Crippen LogP contribution in [0.1, 0.15) is 27.0 Å². The number of aromatic nitrogens is 2. The van der Waals surface area contributed by atoms with Crippen LogP contribution in [0.2, 0.25) is 0 Å². The van der Waals surface area contributed by atoms with Gasteiger partial charge in [0.1, 0.15) is 0 Å². The molecule has 0 unspecified atom stereocenters. The van der Waals surface area contributed by atoms with Gasteiger partial charge in [-0.2, -0.15) is 4.98 Å². The predicted molar refractivity (Wildman–Crippen MR) is 75.9 cm³/mol. The molecule has 0 aliphatic carbocycles. The summed E-state index contributed by atoms with van der Waals surface area (Å²) >= 11 is 1.65. The summed E-state index contributed by atoms with van der Waals surface area (Å²) in [4.78, 5) is 17.4. The molecule has 0 radical (unpaired) electrons. The Bertz CT molecular complexity index is 690. The summed E-state index contributed by atoms with van der Waals surface area (Å²) < 4.78 is 5.13. The summed E-state index contributed by atoms with van der Waals surface area (Å²) in [5.74, 6) is 0.964. The first-order valence-electron chi connectivity index (χ1n) is 6.23. The number of hydrogen-bond acceptors (Lipinski definition) is 5. The van der Waals surface area contributed by atoms with Gasteiger partial charge in [-0.25, -0.2) is 0 Å². The molecule has 0 aliphatic heterocycles. The SMILES string of the molecule is O=C(Cc1nc(Cc2cccs2)no1)c1ccccc1. The molecule has 2 aromatic heterocycles. The van der Waals surface area contributed by atoms with Gasteiger partial charge in [-0.1, -0.05) is 41.6 Å². The summed E-state index contributed by atoms with van der Waals surface area (Å²) in [6, 6.07) is 13.1. The third-order valence-electron chi connectivity index (χ3n) is 2.83. The van der Waals surface area contributed by atoms with Crippen molar-refractivity contribution in [2.24, 2.45) is 0 Å².